The fraction of sp³-hybridized carbons (Fsp3) is 0.667. The van der Waals surface area contributed by atoms with Gasteiger partial charge in [-0.05, 0) is 43.9 Å². The lowest BCUT2D eigenvalue weighted by molar-refractivity contribution is -0.118. The van der Waals surface area contributed by atoms with Crippen LogP contribution in [0.25, 0.3) is 0 Å². The number of carbonyl (C=O) groups excluding carboxylic acids is 1. The molecular weight excluding hydrogens is 374 g/mol. The minimum absolute atomic E-state index is 0.0977. The second-order valence-electron chi connectivity index (χ2n) is 7.69. The van der Waals surface area contributed by atoms with Gasteiger partial charge in [0.25, 0.3) is 0 Å². The Morgan fingerprint density at radius 3 is 2.36 bits per heavy atom. The summed E-state index contributed by atoms with van der Waals surface area (Å²) in [4.78, 5) is 15.2. The molecule has 0 heterocycles. The Hall–Kier alpha value is -1.44. The van der Waals surface area contributed by atoms with E-state index in [0.717, 1.165) is 19.3 Å². The highest BCUT2D eigenvalue weighted by molar-refractivity contribution is 7.89. The second-order valence-corrected chi connectivity index (χ2v) is 9.63. The summed E-state index contributed by atoms with van der Waals surface area (Å²) in [6.07, 6.45) is 3.37. The van der Waals surface area contributed by atoms with Crippen molar-refractivity contribution in [3.05, 3.63) is 24.3 Å². The van der Waals surface area contributed by atoms with Gasteiger partial charge in [-0.15, -0.1) is 0 Å². The van der Waals surface area contributed by atoms with E-state index >= 15 is 0 Å². The van der Waals surface area contributed by atoms with Crippen molar-refractivity contribution in [2.75, 3.05) is 25.0 Å². The quantitative estimate of drug-likeness (QED) is 0.607. The molecule has 7 heteroatoms. The molecule has 1 aliphatic rings. The highest BCUT2D eigenvalue weighted by atomic mass is 32.2. The van der Waals surface area contributed by atoms with Gasteiger partial charge < -0.3 is 5.32 Å². The first-order chi connectivity index (χ1) is 13.2. The number of hydrogen-bond acceptors (Lipinski definition) is 4. The molecule has 2 atom stereocenters. The number of nitrogens with one attached hydrogen (secondary N) is 1. The molecule has 0 spiro atoms. The molecule has 1 aromatic rings. The molecule has 1 aliphatic carbocycles. The van der Waals surface area contributed by atoms with Crippen molar-refractivity contribution in [3.8, 4) is 0 Å². The van der Waals surface area contributed by atoms with Crippen molar-refractivity contribution in [1.29, 1.82) is 0 Å². The van der Waals surface area contributed by atoms with Crippen LogP contribution in [-0.2, 0) is 14.8 Å². The van der Waals surface area contributed by atoms with E-state index in [9.17, 15) is 13.2 Å². The largest absolute Gasteiger partial charge is 0.325 e. The van der Waals surface area contributed by atoms with Crippen molar-refractivity contribution in [1.82, 2.24) is 9.21 Å². The van der Waals surface area contributed by atoms with E-state index in [2.05, 4.69) is 31.0 Å². The first-order valence-corrected chi connectivity index (χ1v) is 11.8. The Bertz CT molecular complexity index is 758. The fourth-order valence-corrected chi connectivity index (χ4v) is 5.00. The van der Waals surface area contributed by atoms with Crippen LogP contribution >= 0.6 is 0 Å². The number of carbonyl (C=O) groups is 1. The predicted molar refractivity (Wildman–Crippen MR) is 114 cm³/mol. The van der Waals surface area contributed by atoms with Crippen LogP contribution in [0.4, 0.5) is 5.69 Å². The summed E-state index contributed by atoms with van der Waals surface area (Å²) in [5, 5.41) is 2.89. The Labute approximate surface area is 170 Å². The Balaban J connectivity index is 2.10. The van der Waals surface area contributed by atoms with Gasteiger partial charge in [-0.3, -0.25) is 9.69 Å². The SMILES string of the molecule is CCC(C)C(C)N(CC(=O)Nc1cccc(S(=O)(=O)N(CC)CC)c1)C1CC1. The van der Waals surface area contributed by atoms with Gasteiger partial charge in [0.1, 0.15) is 0 Å². The van der Waals surface area contributed by atoms with E-state index in [0.29, 0.717) is 43.3 Å². The zero-order chi connectivity index (χ0) is 20.9. The van der Waals surface area contributed by atoms with Gasteiger partial charge in [-0.2, -0.15) is 4.31 Å². The molecule has 28 heavy (non-hydrogen) atoms. The first kappa shape index (κ1) is 22.8. The summed E-state index contributed by atoms with van der Waals surface area (Å²) in [6, 6.07) is 7.36. The molecule has 1 N–H and O–H groups in total. The van der Waals surface area contributed by atoms with Crippen molar-refractivity contribution >= 4 is 21.6 Å². The van der Waals surface area contributed by atoms with Gasteiger partial charge in [0.15, 0.2) is 0 Å². The molecule has 158 valence electrons. The predicted octanol–water partition coefficient (Wildman–Crippen LogP) is 3.55. The van der Waals surface area contributed by atoms with Crippen LogP contribution in [0, 0.1) is 5.92 Å². The number of amides is 1. The molecule has 1 amide bonds. The van der Waals surface area contributed by atoms with Crippen LogP contribution in [-0.4, -0.2) is 55.2 Å². The monoisotopic (exact) mass is 409 g/mol. The topological polar surface area (TPSA) is 69.7 Å². The van der Waals surface area contributed by atoms with Crippen molar-refractivity contribution < 1.29 is 13.2 Å². The molecule has 0 aliphatic heterocycles. The Kier molecular flexibility index (Phi) is 8.04. The molecule has 2 rings (SSSR count). The van der Waals surface area contributed by atoms with E-state index in [-0.39, 0.29) is 10.8 Å². The van der Waals surface area contributed by atoms with Crippen LogP contribution in [0.1, 0.15) is 53.9 Å². The fourth-order valence-electron chi connectivity index (χ4n) is 3.49. The summed E-state index contributed by atoms with van der Waals surface area (Å²) in [5.74, 6) is 0.426. The van der Waals surface area contributed by atoms with Crippen LogP contribution in [0.3, 0.4) is 0 Å². The molecular formula is C21H35N3O3S. The summed E-state index contributed by atoms with van der Waals surface area (Å²) in [7, 11) is -3.54. The molecule has 0 aromatic heterocycles. The second kappa shape index (κ2) is 9.85. The third-order valence-corrected chi connectivity index (χ3v) is 7.84. The van der Waals surface area contributed by atoms with Gasteiger partial charge >= 0.3 is 0 Å². The molecule has 0 radical (unpaired) electrons. The van der Waals surface area contributed by atoms with Crippen LogP contribution in [0.2, 0.25) is 0 Å². The zero-order valence-corrected chi connectivity index (χ0v) is 18.6. The third kappa shape index (κ3) is 5.55. The van der Waals surface area contributed by atoms with E-state index in [1.165, 1.54) is 4.31 Å². The van der Waals surface area contributed by atoms with E-state index in [1.54, 1.807) is 24.3 Å². The Morgan fingerprint density at radius 2 is 1.82 bits per heavy atom. The molecule has 1 saturated carbocycles. The van der Waals surface area contributed by atoms with Crippen molar-refractivity contribution in [3.63, 3.8) is 0 Å². The van der Waals surface area contributed by atoms with E-state index < -0.39 is 10.0 Å². The summed E-state index contributed by atoms with van der Waals surface area (Å²) >= 11 is 0. The molecule has 6 nitrogen and oxygen atoms in total. The van der Waals surface area contributed by atoms with Crippen LogP contribution < -0.4 is 5.32 Å². The third-order valence-electron chi connectivity index (χ3n) is 5.79. The number of benzene rings is 1. The normalized spacial score (nSPS) is 17.0. The lowest BCUT2D eigenvalue weighted by atomic mass is 9.99. The summed E-state index contributed by atoms with van der Waals surface area (Å²) in [5.41, 5.74) is 0.519. The first-order valence-electron chi connectivity index (χ1n) is 10.4. The highest BCUT2D eigenvalue weighted by Gasteiger charge is 2.35. The Morgan fingerprint density at radius 1 is 1.18 bits per heavy atom. The number of sulfonamides is 1. The van der Waals surface area contributed by atoms with Gasteiger partial charge in [-0.25, -0.2) is 8.42 Å². The summed E-state index contributed by atoms with van der Waals surface area (Å²) < 4.78 is 26.8. The smallest absolute Gasteiger partial charge is 0.243 e. The molecule has 2 unspecified atom stereocenters. The standard InChI is InChI=1S/C21H35N3O3S/c1-6-16(4)17(5)24(19-12-13-19)15-21(25)22-18-10-9-11-20(14-18)28(26,27)23(7-2)8-3/h9-11,14,16-17,19H,6-8,12-13,15H2,1-5H3,(H,22,25). The van der Waals surface area contributed by atoms with Crippen molar-refractivity contribution in [2.45, 2.75) is 70.9 Å². The van der Waals surface area contributed by atoms with E-state index in [4.69, 9.17) is 0 Å². The van der Waals surface area contributed by atoms with Gasteiger partial charge in [0.2, 0.25) is 15.9 Å². The van der Waals surface area contributed by atoms with Gasteiger partial charge in [-0.1, -0.05) is 40.2 Å². The van der Waals surface area contributed by atoms with Crippen LogP contribution in [0.15, 0.2) is 29.2 Å². The average Bonchev–Trinajstić information content (AvgIpc) is 3.51. The lowest BCUT2D eigenvalue weighted by Gasteiger charge is -2.32. The number of nitrogens with zero attached hydrogens (tertiary/aromatic N) is 2. The van der Waals surface area contributed by atoms with Crippen molar-refractivity contribution in [2.24, 2.45) is 5.92 Å². The maximum atomic E-state index is 12.7. The molecule has 0 saturated heterocycles. The van der Waals surface area contributed by atoms with Crippen LogP contribution in [0.5, 0.6) is 0 Å². The minimum Gasteiger partial charge on any atom is -0.325 e. The number of rotatable bonds is 11. The lowest BCUT2D eigenvalue weighted by Crippen LogP contribution is -2.43. The molecule has 1 fully saturated rings. The minimum atomic E-state index is -3.54. The molecule has 0 bridgehead atoms. The molecule has 1 aromatic carbocycles. The summed E-state index contributed by atoms with van der Waals surface area (Å²) in [6.45, 7) is 11.4. The number of hydrogen-bond donors (Lipinski definition) is 1. The maximum absolute atomic E-state index is 12.7. The van der Waals surface area contributed by atoms with E-state index in [1.807, 2.05) is 13.8 Å². The van der Waals surface area contributed by atoms with Gasteiger partial charge in [0, 0.05) is 30.9 Å². The highest BCUT2D eigenvalue weighted by Crippen LogP contribution is 2.31. The average molecular weight is 410 g/mol. The number of anilines is 1. The maximum Gasteiger partial charge on any atom is 0.243 e. The zero-order valence-electron chi connectivity index (χ0n) is 17.8. The van der Waals surface area contributed by atoms with Gasteiger partial charge in [0.05, 0.1) is 11.4 Å².